The van der Waals surface area contributed by atoms with Gasteiger partial charge in [0, 0.05) is 23.2 Å². The molecule has 4 nitrogen and oxygen atoms in total. The number of anilines is 1. The van der Waals surface area contributed by atoms with Crippen molar-refractivity contribution in [3.63, 3.8) is 0 Å². The van der Waals surface area contributed by atoms with E-state index >= 15 is 0 Å². The van der Waals surface area contributed by atoms with E-state index in [4.69, 9.17) is 10.7 Å². The fourth-order valence-electron chi connectivity index (χ4n) is 2.72. The lowest BCUT2D eigenvalue weighted by Crippen LogP contribution is -2.19. The highest BCUT2D eigenvalue weighted by atomic mass is 15.3. The van der Waals surface area contributed by atoms with Gasteiger partial charge >= 0.3 is 0 Å². The summed E-state index contributed by atoms with van der Waals surface area (Å²) in [4.78, 5) is 4.79. The average molecular weight is 244 g/mol. The second-order valence-electron chi connectivity index (χ2n) is 5.34. The van der Waals surface area contributed by atoms with E-state index in [-0.39, 0.29) is 0 Å². The molecule has 1 fully saturated rings. The van der Waals surface area contributed by atoms with Gasteiger partial charge in [0.25, 0.3) is 0 Å². The van der Waals surface area contributed by atoms with E-state index in [1.807, 2.05) is 12.3 Å². The molecule has 0 aromatic carbocycles. The van der Waals surface area contributed by atoms with Gasteiger partial charge in [0.05, 0.1) is 6.20 Å². The van der Waals surface area contributed by atoms with Gasteiger partial charge in [-0.2, -0.15) is 9.61 Å². The maximum absolute atomic E-state index is 6.08. The summed E-state index contributed by atoms with van der Waals surface area (Å²) in [6.45, 7) is 4.39. The molecule has 18 heavy (non-hydrogen) atoms. The molecule has 3 rings (SSSR count). The largest absolute Gasteiger partial charge is 0.384 e. The van der Waals surface area contributed by atoms with Gasteiger partial charge in [-0.25, -0.2) is 4.98 Å². The summed E-state index contributed by atoms with van der Waals surface area (Å²) < 4.78 is 1.75. The second kappa shape index (κ2) is 4.26. The summed E-state index contributed by atoms with van der Waals surface area (Å²) in [5, 5.41) is 4.30. The van der Waals surface area contributed by atoms with Crippen molar-refractivity contribution in [2.24, 2.45) is 5.92 Å². The Hall–Kier alpha value is -1.58. The highest BCUT2D eigenvalue weighted by Crippen LogP contribution is 2.38. The first-order chi connectivity index (χ1) is 8.70. The Balaban J connectivity index is 2.06. The van der Waals surface area contributed by atoms with Crippen molar-refractivity contribution >= 4 is 11.5 Å². The molecule has 1 atom stereocenters. The normalized spacial score (nSPS) is 17.9. The highest BCUT2D eigenvalue weighted by Gasteiger charge is 2.26. The molecule has 2 aromatic heterocycles. The van der Waals surface area contributed by atoms with Crippen LogP contribution in [-0.4, -0.2) is 14.6 Å². The van der Waals surface area contributed by atoms with Gasteiger partial charge < -0.3 is 5.73 Å². The van der Waals surface area contributed by atoms with Crippen molar-refractivity contribution in [3.05, 3.63) is 23.5 Å². The Morgan fingerprint density at radius 2 is 2.28 bits per heavy atom. The van der Waals surface area contributed by atoms with Crippen molar-refractivity contribution in [1.29, 1.82) is 0 Å². The van der Waals surface area contributed by atoms with Crippen LogP contribution in [0.1, 0.15) is 50.3 Å². The topological polar surface area (TPSA) is 56.2 Å². The van der Waals surface area contributed by atoms with Crippen LogP contribution in [0.3, 0.4) is 0 Å². The molecule has 1 aliphatic rings. The first-order valence-corrected chi connectivity index (χ1v) is 6.83. The van der Waals surface area contributed by atoms with Crippen LogP contribution in [0.5, 0.6) is 0 Å². The van der Waals surface area contributed by atoms with Gasteiger partial charge in [0.15, 0.2) is 5.65 Å². The maximum Gasteiger partial charge on any atom is 0.160 e. The van der Waals surface area contributed by atoms with Crippen molar-refractivity contribution < 1.29 is 0 Å². The zero-order chi connectivity index (χ0) is 12.7. The average Bonchev–Trinajstić information content (AvgIpc) is 2.70. The number of rotatable bonds is 3. The zero-order valence-corrected chi connectivity index (χ0v) is 11.1. The highest BCUT2D eigenvalue weighted by molar-refractivity contribution is 5.53. The van der Waals surface area contributed by atoms with Gasteiger partial charge in [0.2, 0.25) is 0 Å². The van der Waals surface area contributed by atoms with Crippen molar-refractivity contribution in [2.45, 2.75) is 45.4 Å². The number of nitrogens with two attached hydrogens (primary N) is 1. The molecule has 0 saturated heterocycles. The monoisotopic (exact) mass is 244 g/mol. The number of aryl methyl sites for hydroxylation is 1. The van der Waals surface area contributed by atoms with E-state index in [1.165, 1.54) is 24.8 Å². The lowest BCUT2D eigenvalue weighted by molar-refractivity contribution is 0.269. The minimum Gasteiger partial charge on any atom is -0.384 e. The Morgan fingerprint density at radius 3 is 2.89 bits per heavy atom. The fourth-order valence-corrected chi connectivity index (χ4v) is 2.72. The van der Waals surface area contributed by atoms with E-state index in [0.29, 0.717) is 11.7 Å². The van der Waals surface area contributed by atoms with E-state index in [9.17, 15) is 0 Å². The van der Waals surface area contributed by atoms with Crippen LogP contribution in [0.4, 0.5) is 5.82 Å². The first kappa shape index (κ1) is 11.5. The van der Waals surface area contributed by atoms with Gasteiger partial charge in [-0.1, -0.05) is 20.3 Å². The number of hydrogen-bond donors (Lipinski definition) is 1. The predicted molar refractivity (Wildman–Crippen MR) is 72.5 cm³/mol. The number of aromatic nitrogens is 3. The molecule has 0 aliphatic heterocycles. The molecule has 2 N–H and O–H groups in total. The lowest BCUT2D eigenvalue weighted by atomic mass is 9.75. The summed E-state index contributed by atoms with van der Waals surface area (Å²) in [5.41, 5.74) is 9.31. The molecule has 1 saturated carbocycles. The lowest BCUT2D eigenvalue weighted by Gasteiger charge is -2.31. The SMILES string of the molecule is CCc1cnn2c(N)cc(C(C)C3CCC3)nc12. The third kappa shape index (κ3) is 1.67. The van der Waals surface area contributed by atoms with Gasteiger partial charge in [-0.3, -0.25) is 0 Å². The molecule has 0 bridgehead atoms. The Bertz CT molecular complexity index is 568. The summed E-state index contributed by atoms with van der Waals surface area (Å²) in [7, 11) is 0. The number of nitrogen functional groups attached to an aromatic ring is 1. The number of hydrogen-bond acceptors (Lipinski definition) is 3. The standard InChI is InChI=1S/C14H20N4/c1-3-10-8-16-18-13(15)7-12(17-14(10)18)9(2)11-5-4-6-11/h7-9,11H,3-6,15H2,1-2H3. The number of fused-ring (bicyclic) bond motifs is 1. The molecule has 2 heterocycles. The minimum absolute atomic E-state index is 0.505. The fraction of sp³-hybridized carbons (Fsp3) is 0.571. The van der Waals surface area contributed by atoms with Gasteiger partial charge in [-0.15, -0.1) is 0 Å². The number of nitrogens with zero attached hydrogens (tertiary/aromatic N) is 3. The third-order valence-electron chi connectivity index (χ3n) is 4.30. The molecule has 1 unspecified atom stereocenters. The molecule has 0 radical (unpaired) electrons. The summed E-state index contributed by atoms with van der Waals surface area (Å²) >= 11 is 0. The Kier molecular flexibility index (Phi) is 2.73. The van der Waals surface area contributed by atoms with Crippen molar-refractivity contribution in [2.75, 3.05) is 5.73 Å². The van der Waals surface area contributed by atoms with Crippen LogP contribution in [0.25, 0.3) is 5.65 Å². The molecule has 0 spiro atoms. The summed E-state index contributed by atoms with van der Waals surface area (Å²) in [5.74, 6) is 1.99. The van der Waals surface area contributed by atoms with E-state index in [2.05, 4.69) is 18.9 Å². The molecular formula is C14H20N4. The summed E-state index contributed by atoms with van der Waals surface area (Å²) in [6, 6.07) is 1.99. The van der Waals surface area contributed by atoms with Crippen LogP contribution in [0, 0.1) is 5.92 Å². The first-order valence-electron chi connectivity index (χ1n) is 6.83. The Labute approximate surface area is 107 Å². The van der Waals surface area contributed by atoms with Crippen LogP contribution in [0.2, 0.25) is 0 Å². The van der Waals surface area contributed by atoms with Gasteiger partial charge in [0.1, 0.15) is 5.82 Å². The summed E-state index contributed by atoms with van der Waals surface area (Å²) in [6.07, 6.45) is 6.83. The maximum atomic E-state index is 6.08. The van der Waals surface area contributed by atoms with Gasteiger partial charge in [-0.05, 0) is 25.2 Å². The van der Waals surface area contributed by atoms with Crippen molar-refractivity contribution in [1.82, 2.24) is 14.6 Å². The van der Waals surface area contributed by atoms with E-state index < -0.39 is 0 Å². The molecule has 4 heteroatoms. The smallest absolute Gasteiger partial charge is 0.160 e. The molecule has 2 aromatic rings. The van der Waals surface area contributed by atoms with Crippen LogP contribution < -0.4 is 5.73 Å². The van der Waals surface area contributed by atoms with Crippen LogP contribution >= 0.6 is 0 Å². The minimum atomic E-state index is 0.505. The van der Waals surface area contributed by atoms with E-state index in [1.54, 1.807) is 4.52 Å². The van der Waals surface area contributed by atoms with Crippen LogP contribution in [0.15, 0.2) is 12.3 Å². The third-order valence-corrected chi connectivity index (χ3v) is 4.30. The Morgan fingerprint density at radius 1 is 1.50 bits per heavy atom. The van der Waals surface area contributed by atoms with Crippen molar-refractivity contribution in [3.8, 4) is 0 Å². The zero-order valence-electron chi connectivity index (χ0n) is 11.1. The molecule has 96 valence electrons. The molecule has 0 amide bonds. The second-order valence-corrected chi connectivity index (χ2v) is 5.34. The van der Waals surface area contributed by atoms with Crippen LogP contribution in [-0.2, 0) is 6.42 Å². The predicted octanol–water partition coefficient (Wildman–Crippen LogP) is 2.78. The molecular weight excluding hydrogens is 224 g/mol. The quantitative estimate of drug-likeness (QED) is 0.903. The molecule has 1 aliphatic carbocycles. The van der Waals surface area contributed by atoms with E-state index in [0.717, 1.165) is 23.7 Å².